The molecule has 0 saturated heterocycles. The Morgan fingerprint density at radius 2 is 1.79 bits per heavy atom. The molecule has 122 valence electrons. The molecule has 0 atom stereocenters. The minimum atomic E-state index is -0.505. The lowest BCUT2D eigenvalue weighted by atomic mass is 10.1. The number of hydrogen-bond acceptors (Lipinski definition) is 4. The average molecular weight is 324 g/mol. The van der Waals surface area contributed by atoms with Gasteiger partial charge in [-0.1, -0.05) is 30.3 Å². The van der Waals surface area contributed by atoms with E-state index in [9.17, 15) is 9.59 Å². The summed E-state index contributed by atoms with van der Waals surface area (Å²) in [5.74, 6) is 0.0252. The van der Waals surface area contributed by atoms with Crippen LogP contribution in [0, 0.1) is 0 Å². The van der Waals surface area contributed by atoms with Crippen molar-refractivity contribution in [1.82, 2.24) is 10.9 Å². The van der Waals surface area contributed by atoms with Gasteiger partial charge in [-0.3, -0.25) is 20.4 Å². The van der Waals surface area contributed by atoms with E-state index < -0.39 is 5.91 Å². The number of furan rings is 1. The van der Waals surface area contributed by atoms with E-state index in [-0.39, 0.29) is 18.1 Å². The average Bonchev–Trinajstić information content (AvgIpc) is 3.04. The molecular formula is C18H16N2O4. The summed E-state index contributed by atoms with van der Waals surface area (Å²) in [6, 6.07) is 16.1. The maximum Gasteiger partial charge on any atom is 0.305 e. The molecule has 2 N–H and O–H groups in total. The summed E-state index contributed by atoms with van der Waals surface area (Å²) in [7, 11) is 1.58. The SMILES string of the molecule is COc1ccc(CC(=O)NNC(=O)c2cc3ccccc3o2)cc1. The molecule has 0 spiro atoms. The number of hydrazine groups is 1. The van der Waals surface area contributed by atoms with E-state index in [4.69, 9.17) is 9.15 Å². The van der Waals surface area contributed by atoms with Crippen LogP contribution in [0.2, 0.25) is 0 Å². The van der Waals surface area contributed by atoms with Gasteiger partial charge in [-0.15, -0.1) is 0 Å². The van der Waals surface area contributed by atoms with Crippen LogP contribution in [0.5, 0.6) is 5.75 Å². The second-order valence-electron chi connectivity index (χ2n) is 5.18. The molecule has 0 unspecified atom stereocenters. The van der Waals surface area contributed by atoms with E-state index in [2.05, 4.69) is 10.9 Å². The molecule has 24 heavy (non-hydrogen) atoms. The van der Waals surface area contributed by atoms with Crippen molar-refractivity contribution < 1.29 is 18.7 Å². The Hall–Kier alpha value is -3.28. The van der Waals surface area contributed by atoms with Crippen LogP contribution in [-0.4, -0.2) is 18.9 Å². The van der Waals surface area contributed by atoms with Crippen LogP contribution in [0.4, 0.5) is 0 Å². The lowest BCUT2D eigenvalue weighted by molar-refractivity contribution is -0.121. The first kappa shape index (κ1) is 15.6. The van der Waals surface area contributed by atoms with Crippen LogP contribution in [0.1, 0.15) is 16.1 Å². The van der Waals surface area contributed by atoms with E-state index in [1.807, 2.05) is 18.2 Å². The van der Waals surface area contributed by atoms with Crippen molar-refractivity contribution >= 4 is 22.8 Å². The molecule has 0 aliphatic rings. The maximum atomic E-state index is 12.0. The molecule has 2 aromatic carbocycles. The summed E-state index contributed by atoms with van der Waals surface area (Å²) in [4.78, 5) is 23.9. The van der Waals surface area contributed by atoms with Gasteiger partial charge in [0.25, 0.3) is 0 Å². The monoisotopic (exact) mass is 324 g/mol. The fourth-order valence-corrected chi connectivity index (χ4v) is 2.25. The van der Waals surface area contributed by atoms with Crippen molar-refractivity contribution in [2.24, 2.45) is 0 Å². The number of fused-ring (bicyclic) bond motifs is 1. The van der Waals surface area contributed by atoms with E-state index in [1.165, 1.54) is 0 Å². The molecule has 0 fully saturated rings. The number of carbonyl (C=O) groups is 2. The number of benzene rings is 2. The zero-order chi connectivity index (χ0) is 16.9. The normalized spacial score (nSPS) is 10.4. The third kappa shape index (κ3) is 3.55. The minimum Gasteiger partial charge on any atom is -0.497 e. The molecule has 0 bridgehead atoms. The number of amides is 2. The lowest BCUT2D eigenvalue weighted by Gasteiger charge is -2.06. The second-order valence-corrected chi connectivity index (χ2v) is 5.18. The van der Waals surface area contributed by atoms with Crippen molar-refractivity contribution in [1.29, 1.82) is 0 Å². The largest absolute Gasteiger partial charge is 0.497 e. The summed E-state index contributed by atoms with van der Waals surface area (Å²) in [6.07, 6.45) is 0.143. The van der Waals surface area contributed by atoms with Crippen molar-refractivity contribution in [2.45, 2.75) is 6.42 Å². The number of rotatable bonds is 4. The summed E-state index contributed by atoms with van der Waals surface area (Å²) in [5, 5.41) is 0.826. The zero-order valence-corrected chi connectivity index (χ0v) is 13.0. The maximum absolute atomic E-state index is 12.0. The zero-order valence-electron chi connectivity index (χ0n) is 13.0. The molecule has 0 aliphatic heterocycles. The predicted octanol–water partition coefficient (Wildman–Crippen LogP) is 2.45. The van der Waals surface area contributed by atoms with Gasteiger partial charge in [0, 0.05) is 5.39 Å². The number of methoxy groups -OCH3 is 1. The Labute approximate surface area is 138 Å². The molecule has 3 rings (SSSR count). The van der Waals surface area contributed by atoms with Gasteiger partial charge in [-0.05, 0) is 29.8 Å². The first-order chi connectivity index (χ1) is 11.7. The highest BCUT2D eigenvalue weighted by atomic mass is 16.5. The molecule has 1 heterocycles. The Morgan fingerprint density at radius 1 is 1.04 bits per heavy atom. The van der Waals surface area contributed by atoms with Crippen LogP contribution in [0.15, 0.2) is 59.0 Å². The molecule has 0 aliphatic carbocycles. The van der Waals surface area contributed by atoms with Crippen LogP contribution in [0.3, 0.4) is 0 Å². The fourth-order valence-electron chi connectivity index (χ4n) is 2.25. The fraction of sp³-hybridized carbons (Fsp3) is 0.111. The third-order valence-electron chi connectivity index (χ3n) is 3.49. The number of carbonyl (C=O) groups excluding carboxylic acids is 2. The van der Waals surface area contributed by atoms with Gasteiger partial charge in [0.05, 0.1) is 13.5 Å². The Balaban J connectivity index is 1.55. The van der Waals surface area contributed by atoms with E-state index in [0.717, 1.165) is 16.7 Å². The van der Waals surface area contributed by atoms with Gasteiger partial charge in [0.15, 0.2) is 5.76 Å². The van der Waals surface area contributed by atoms with Crippen LogP contribution >= 0.6 is 0 Å². The molecule has 0 radical (unpaired) electrons. The Bertz CT molecular complexity index is 835. The lowest BCUT2D eigenvalue weighted by Crippen LogP contribution is -2.42. The standard InChI is InChI=1S/C18H16N2O4/c1-23-14-8-6-12(7-9-14)10-17(21)19-20-18(22)16-11-13-4-2-3-5-15(13)24-16/h2-9,11H,10H2,1H3,(H,19,21)(H,20,22). The Kier molecular flexibility index (Phi) is 4.47. The van der Waals surface area contributed by atoms with Crippen molar-refractivity contribution in [3.05, 3.63) is 65.9 Å². The number of nitrogens with one attached hydrogen (secondary N) is 2. The predicted molar refractivity (Wildman–Crippen MR) is 88.5 cm³/mol. The molecule has 6 nitrogen and oxygen atoms in total. The van der Waals surface area contributed by atoms with E-state index in [1.54, 1.807) is 43.5 Å². The van der Waals surface area contributed by atoms with Gasteiger partial charge in [0.1, 0.15) is 11.3 Å². The van der Waals surface area contributed by atoms with Gasteiger partial charge >= 0.3 is 5.91 Å². The quantitative estimate of drug-likeness (QED) is 0.722. The highest BCUT2D eigenvalue weighted by Gasteiger charge is 2.13. The second kappa shape index (κ2) is 6.87. The van der Waals surface area contributed by atoms with Crippen molar-refractivity contribution in [3.63, 3.8) is 0 Å². The first-order valence-electron chi connectivity index (χ1n) is 7.36. The van der Waals surface area contributed by atoms with E-state index >= 15 is 0 Å². The van der Waals surface area contributed by atoms with E-state index in [0.29, 0.717) is 5.58 Å². The molecule has 6 heteroatoms. The summed E-state index contributed by atoms with van der Waals surface area (Å²) in [5.41, 5.74) is 6.15. The summed E-state index contributed by atoms with van der Waals surface area (Å²) >= 11 is 0. The highest BCUT2D eigenvalue weighted by Crippen LogP contribution is 2.18. The van der Waals surface area contributed by atoms with Crippen LogP contribution < -0.4 is 15.6 Å². The van der Waals surface area contributed by atoms with Crippen molar-refractivity contribution in [2.75, 3.05) is 7.11 Å². The summed E-state index contributed by atoms with van der Waals surface area (Å²) in [6.45, 7) is 0. The van der Waals surface area contributed by atoms with Crippen molar-refractivity contribution in [3.8, 4) is 5.75 Å². The summed E-state index contributed by atoms with van der Waals surface area (Å²) < 4.78 is 10.5. The molecule has 3 aromatic rings. The number of hydrogen-bond donors (Lipinski definition) is 2. The molecule has 0 saturated carbocycles. The number of para-hydroxylation sites is 1. The van der Waals surface area contributed by atoms with Crippen LogP contribution in [-0.2, 0) is 11.2 Å². The van der Waals surface area contributed by atoms with Gasteiger partial charge < -0.3 is 9.15 Å². The molecule has 2 amide bonds. The third-order valence-corrected chi connectivity index (χ3v) is 3.49. The van der Waals surface area contributed by atoms with Crippen LogP contribution in [0.25, 0.3) is 11.0 Å². The Morgan fingerprint density at radius 3 is 2.50 bits per heavy atom. The first-order valence-corrected chi connectivity index (χ1v) is 7.36. The molecular weight excluding hydrogens is 308 g/mol. The highest BCUT2D eigenvalue weighted by molar-refractivity contribution is 5.97. The minimum absolute atomic E-state index is 0.140. The van der Waals surface area contributed by atoms with Gasteiger partial charge in [-0.2, -0.15) is 0 Å². The van der Waals surface area contributed by atoms with Gasteiger partial charge in [0.2, 0.25) is 5.91 Å². The topological polar surface area (TPSA) is 80.6 Å². The van der Waals surface area contributed by atoms with Gasteiger partial charge in [-0.25, -0.2) is 0 Å². The number of ether oxygens (including phenoxy) is 1. The molecule has 1 aromatic heterocycles. The smallest absolute Gasteiger partial charge is 0.305 e.